The molecule has 0 bridgehead atoms. The lowest BCUT2D eigenvalue weighted by atomic mass is 9.94. The van der Waals surface area contributed by atoms with Gasteiger partial charge in [-0.05, 0) is 42.5 Å². The maximum atomic E-state index is 12.4. The van der Waals surface area contributed by atoms with Crippen LogP contribution >= 0.6 is 11.3 Å². The van der Waals surface area contributed by atoms with Crippen LogP contribution < -0.4 is 10.6 Å². The molecule has 2 aromatic carbocycles. The van der Waals surface area contributed by atoms with Crippen molar-refractivity contribution in [2.45, 2.75) is 32.6 Å². The van der Waals surface area contributed by atoms with Crippen molar-refractivity contribution in [1.29, 1.82) is 0 Å². The Kier molecular flexibility index (Phi) is 7.16. The molecule has 3 aromatic rings. The zero-order valence-corrected chi connectivity index (χ0v) is 20.4. The van der Waals surface area contributed by atoms with Crippen LogP contribution in [0.15, 0.2) is 54.7 Å². The van der Waals surface area contributed by atoms with E-state index in [-0.39, 0.29) is 31.4 Å². The third kappa shape index (κ3) is 5.68. The zero-order chi connectivity index (χ0) is 25.0. The molecule has 1 aromatic heterocycles. The van der Waals surface area contributed by atoms with Gasteiger partial charge in [-0.3, -0.25) is 14.9 Å². The second-order valence-corrected chi connectivity index (χ2v) is 10.2. The van der Waals surface area contributed by atoms with E-state index in [0.717, 1.165) is 27.1 Å². The molecule has 1 heterocycles. The molecule has 0 fully saturated rings. The topological polar surface area (TPSA) is 118 Å². The van der Waals surface area contributed by atoms with Gasteiger partial charge >= 0.3 is 12.1 Å². The highest BCUT2D eigenvalue weighted by molar-refractivity contribution is 7.15. The predicted octanol–water partition coefficient (Wildman–Crippen LogP) is 4.66. The van der Waals surface area contributed by atoms with Gasteiger partial charge in [0.2, 0.25) is 5.91 Å². The molecule has 0 unspecified atom stereocenters. The quantitative estimate of drug-likeness (QED) is 0.399. The van der Waals surface area contributed by atoms with E-state index in [9.17, 15) is 14.4 Å². The molecular formula is C26H27N3O5S. The molecule has 0 aliphatic heterocycles. The van der Waals surface area contributed by atoms with Crippen molar-refractivity contribution in [1.82, 2.24) is 10.3 Å². The Morgan fingerprint density at radius 3 is 2.31 bits per heavy atom. The van der Waals surface area contributed by atoms with Gasteiger partial charge in [0.15, 0.2) is 5.13 Å². The molecular weight excluding hydrogens is 466 g/mol. The molecule has 8 nitrogen and oxygen atoms in total. The number of hydrogen-bond donors (Lipinski definition) is 3. The van der Waals surface area contributed by atoms with Crippen LogP contribution in [-0.4, -0.2) is 41.2 Å². The number of amides is 2. The summed E-state index contributed by atoms with van der Waals surface area (Å²) < 4.78 is 5.54. The number of rotatable bonds is 9. The first-order chi connectivity index (χ1) is 16.7. The first-order valence-electron chi connectivity index (χ1n) is 11.3. The number of carboxylic acids is 1. The molecule has 4 rings (SSSR count). The SMILES string of the molecule is CC(C)(CNC(=O)CCc1cnc(NC(=O)OCC2c3ccccc3-c3ccccc32)s1)C(=O)O. The Hall–Kier alpha value is -3.72. The number of nitrogens with one attached hydrogen (secondary N) is 2. The molecule has 1 aliphatic carbocycles. The Bertz CT molecular complexity index is 1210. The second kappa shape index (κ2) is 10.3. The van der Waals surface area contributed by atoms with Crippen LogP contribution in [0, 0.1) is 5.41 Å². The fourth-order valence-electron chi connectivity index (χ4n) is 3.92. The molecule has 0 spiro atoms. The van der Waals surface area contributed by atoms with Crippen LogP contribution in [0.3, 0.4) is 0 Å². The highest BCUT2D eigenvalue weighted by atomic mass is 32.1. The average molecular weight is 494 g/mol. The Balaban J connectivity index is 1.26. The molecule has 0 radical (unpaired) electrons. The number of hydrogen-bond acceptors (Lipinski definition) is 6. The summed E-state index contributed by atoms with van der Waals surface area (Å²) >= 11 is 1.27. The molecule has 0 saturated heterocycles. The lowest BCUT2D eigenvalue weighted by Crippen LogP contribution is -2.38. The largest absolute Gasteiger partial charge is 0.481 e. The summed E-state index contributed by atoms with van der Waals surface area (Å²) in [6, 6.07) is 16.3. The number of nitrogens with zero attached hydrogens (tertiary/aromatic N) is 1. The van der Waals surface area contributed by atoms with Crippen LogP contribution in [0.4, 0.5) is 9.93 Å². The number of carboxylic acid groups (broad SMARTS) is 1. The van der Waals surface area contributed by atoms with Crippen LogP contribution in [0.2, 0.25) is 0 Å². The number of benzene rings is 2. The predicted molar refractivity (Wildman–Crippen MR) is 134 cm³/mol. The van der Waals surface area contributed by atoms with Gasteiger partial charge in [-0.15, -0.1) is 11.3 Å². The van der Waals surface area contributed by atoms with Gasteiger partial charge in [0, 0.05) is 30.0 Å². The van der Waals surface area contributed by atoms with Crippen LogP contribution in [0.1, 0.15) is 42.2 Å². The van der Waals surface area contributed by atoms with E-state index in [2.05, 4.69) is 39.9 Å². The number of ether oxygens (including phenoxy) is 1. The number of thiazole rings is 1. The Labute approximate surface area is 207 Å². The summed E-state index contributed by atoms with van der Waals surface area (Å²) in [5, 5.41) is 14.8. The minimum absolute atomic E-state index is 0.0235. The van der Waals surface area contributed by atoms with Crippen molar-refractivity contribution in [3.8, 4) is 11.1 Å². The fraction of sp³-hybridized carbons (Fsp3) is 0.308. The van der Waals surface area contributed by atoms with Crippen molar-refractivity contribution < 1.29 is 24.2 Å². The van der Waals surface area contributed by atoms with Crippen molar-refractivity contribution >= 4 is 34.4 Å². The molecule has 1 aliphatic rings. The van der Waals surface area contributed by atoms with Crippen molar-refractivity contribution in [2.75, 3.05) is 18.5 Å². The normalized spacial score (nSPS) is 12.5. The third-order valence-corrected chi connectivity index (χ3v) is 6.98. The zero-order valence-electron chi connectivity index (χ0n) is 19.5. The van der Waals surface area contributed by atoms with Crippen molar-refractivity contribution in [3.05, 3.63) is 70.7 Å². The van der Waals surface area contributed by atoms with Gasteiger partial charge in [0.1, 0.15) is 6.61 Å². The monoisotopic (exact) mass is 493 g/mol. The van der Waals surface area contributed by atoms with Gasteiger partial charge < -0.3 is 15.2 Å². The van der Waals surface area contributed by atoms with Crippen molar-refractivity contribution in [2.24, 2.45) is 5.41 Å². The van der Waals surface area contributed by atoms with E-state index in [4.69, 9.17) is 9.84 Å². The van der Waals surface area contributed by atoms with Crippen molar-refractivity contribution in [3.63, 3.8) is 0 Å². The van der Waals surface area contributed by atoms with E-state index in [1.165, 1.54) is 11.3 Å². The molecule has 35 heavy (non-hydrogen) atoms. The number of fused-ring (bicyclic) bond motifs is 3. The summed E-state index contributed by atoms with van der Waals surface area (Å²) in [5.41, 5.74) is 3.58. The molecule has 182 valence electrons. The summed E-state index contributed by atoms with van der Waals surface area (Å²) in [5.74, 6) is -1.23. The highest BCUT2D eigenvalue weighted by Gasteiger charge is 2.29. The van der Waals surface area contributed by atoms with E-state index in [0.29, 0.717) is 11.6 Å². The first-order valence-corrected chi connectivity index (χ1v) is 12.1. The molecule has 0 atom stereocenters. The molecule has 3 N–H and O–H groups in total. The summed E-state index contributed by atoms with van der Waals surface area (Å²) in [6.45, 7) is 3.38. The van der Waals surface area contributed by atoms with E-state index in [1.54, 1.807) is 20.0 Å². The summed E-state index contributed by atoms with van der Waals surface area (Å²) in [4.78, 5) is 40.6. The second-order valence-electron chi connectivity index (χ2n) is 9.05. The lowest BCUT2D eigenvalue weighted by molar-refractivity contribution is -0.146. The summed E-state index contributed by atoms with van der Waals surface area (Å²) in [6.07, 6.45) is 1.66. The lowest BCUT2D eigenvalue weighted by Gasteiger charge is -2.19. The first kappa shape index (κ1) is 24.4. The number of carbonyl (C=O) groups excluding carboxylic acids is 2. The van der Waals surface area contributed by atoms with Gasteiger partial charge in [0.25, 0.3) is 0 Å². The van der Waals surface area contributed by atoms with E-state index >= 15 is 0 Å². The van der Waals surface area contributed by atoms with Crippen LogP contribution in [0.5, 0.6) is 0 Å². The maximum absolute atomic E-state index is 12.4. The van der Waals surface area contributed by atoms with Crippen LogP contribution in [-0.2, 0) is 20.7 Å². The maximum Gasteiger partial charge on any atom is 0.413 e. The number of carbonyl (C=O) groups is 3. The smallest absolute Gasteiger partial charge is 0.413 e. The fourth-order valence-corrected chi connectivity index (χ4v) is 4.72. The highest BCUT2D eigenvalue weighted by Crippen LogP contribution is 2.44. The van der Waals surface area contributed by atoms with E-state index < -0.39 is 17.5 Å². The van der Waals surface area contributed by atoms with E-state index in [1.807, 2.05) is 24.3 Å². The average Bonchev–Trinajstić information content (AvgIpc) is 3.42. The molecule has 0 saturated carbocycles. The number of aryl methyl sites for hydroxylation is 1. The Morgan fingerprint density at radius 2 is 1.69 bits per heavy atom. The third-order valence-electron chi connectivity index (χ3n) is 6.01. The van der Waals surface area contributed by atoms with Crippen LogP contribution in [0.25, 0.3) is 11.1 Å². The Morgan fingerprint density at radius 1 is 1.06 bits per heavy atom. The van der Waals surface area contributed by atoms with Gasteiger partial charge in [-0.25, -0.2) is 9.78 Å². The summed E-state index contributed by atoms with van der Waals surface area (Å²) in [7, 11) is 0. The molecule has 9 heteroatoms. The standard InChI is InChI=1S/C26H27N3O5S/c1-26(2,23(31)32)15-28-22(30)12-11-16-13-27-24(35-16)29-25(33)34-14-21-19-9-5-3-7-17(19)18-8-4-6-10-20(18)21/h3-10,13,21H,11-12,14-15H2,1-2H3,(H,28,30)(H,31,32)(H,27,29,33). The minimum Gasteiger partial charge on any atom is -0.481 e. The van der Waals surface area contributed by atoms with Gasteiger partial charge in [-0.1, -0.05) is 48.5 Å². The van der Waals surface area contributed by atoms with Gasteiger partial charge in [-0.2, -0.15) is 0 Å². The number of aliphatic carboxylic acids is 1. The molecule has 2 amide bonds. The van der Waals surface area contributed by atoms with Gasteiger partial charge in [0.05, 0.1) is 5.41 Å². The number of aromatic nitrogens is 1. The minimum atomic E-state index is -1.03. The number of anilines is 1.